The normalized spacial score (nSPS) is 11.1. The molecule has 1 aromatic heterocycles. The number of anilines is 1. The third-order valence-corrected chi connectivity index (χ3v) is 5.67. The zero-order valence-electron chi connectivity index (χ0n) is 18.0. The lowest BCUT2D eigenvalue weighted by molar-refractivity contribution is -0.115. The number of carbonyl (C=O) groups excluding carboxylic acids is 2. The summed E-state index contributed by atoms with van der Waals surface area (Å²) in [7, 11) is 0. The lowest BCUT2D eigenvalue weighted by Crippen LogP contribution is -2.32. The van der Waals surface area contributed by atoms with Gasteiger partial charge < -0.3 is 10.6 Å². The second kappa shape index (κ2) is 10.3. The monoisotopic (exact) mass is 433 g/mol. The first-order valence-electron chi connectivity index (χ1n) is 10.1. The van der Waals surface area contributed by atoms with Crippen molar-refractivity contribution in [2.24, 2.45) is 0 Å². The third kappa shape index (κ3) is 6.96. The van der Waals surface area contributed by atoms with Crippen molar-refractivity contribution in [3.05, 3.63) is 89.6 Å². The van der Waals surface area contributed by atoms with Gasteiger partial charge in [-0.2, -0.15) is 0 Å². The van der Waals surface area contributed by atoms with Crippen LogP contribution in [0.2, 0.25) is 0 Å². The first-order chi connectivity index (χ1) is 14.8. The van der Waals surface area contributed by atoms with Crippen molar-refractivity contribution in [2.75, 3.05) is 11.9 Å². The fraction of sp³-hybridized carbons (Fsp3) is 0.240. The Labute approximate surface area is 187 Å². The van der Waals surface area contributed by atoms with Crippen LogP contribution < -0.4 is 10.6 Å². The predicted molar refractivity (Wildman–Crippen MR) is 126 cm³/mol. The van der Waals surface area contributed by atoms with Crippen molar-refractivity contribution < 1.29 is 9.59 Å². The van der Waals surface area contributed by atoms with Crippen LogP contribution in [-0.4, -0.2) is 23.3 Å². The highest BCUT2D eigenvalue weighted by molar-refractivity contribution is 7.98. The summed E-state index contributed by atoms with van der Waals surface area (Å²) < 4.78 is 0. The van der Waals surface area contributed by atoms with E-state index >= 15 is 0 Å². The molecule has 0 atom stereocenters. The number of amides is 2. The number of aromatic nitrogens is 1. The Balaban J connectivity index is 1.49. The van der Waals surface area contributed by atoms with Gasteiger partial charge in [0.2, 0.25) is 5.91 Å². The van der Waals surface area contributed by atoms with Crippen molar-refractivity contribution in [1.82, 2.24) is 10.3 Å². The minimum atomic E-state index is -0.269. The van der Waals surface area contributed by atoms with Gasteiger partial charge in [-0.3, -0.25) is 9.59 Å². The number of thioether (sulfide) groups is 1. The highest BCUT2D eigenvalue weighted by atomic mass is 32.2. The van der Waals surface area contributed by atoms with Crippen LogP contribution in [0.5, 0.6) is 0 Å². The molecule has 160 valence electrons. The molecule has 0 saturated heterocycles. The first kappa shape index (κ1) is 22.6. The highest BCUT2D eigenvalue weighted by Crippen LogP contribution is 2.23. The molecule has 2 aromatic carbocycles. The van der Waals surface area contributed by atoms with Crippen LogP contribution in [0, 0.1) is 0 Å². The van der Waals surface area contributed by atoms with Crippen LogP contribution in [-0.2, 0) is 16.0 Å². The molecule has 0 aliphatic heterocycles. The summed E-state index contributed by atoms with van der Waals surface area (Å²) in [5, 5.41) is 6.47. The van der Waals surface area contributed by atoms with Crippen molar-refractivity contribution in [1.29, 1.82) is 0 Å². The van der Waals surface area contributed by atoms with E-state index < -0.39 is 0 Å². The van der Waals surface area contributed by atoms with E-state index in [2.05, 4.69) is 36.4 Å². The molecule has 6 heteroatoms. The van der Waals surface area contributed by atoms with Gasteiger partial charge in [0.05, 0.1) is 11.6 Å². The maximum Gasteiger partial charge on any atom is 0.251 e. The lowest BCUT2D eigenvalue weighted by atomic mass is 9.87. The molecular weight excluding hydrogens is 406 g/mol. The largest absolute Gasteiger partial charge is 0.343 e. The molecule has 3 rings (SSSR count). The number of benzene rings is 2. The number of hydrogen-bond donors (Lipinski definition) is 2. The quantitative estimate of drug-likeness (QED) is 0.512. The maximum absolute atomic E-state index is 12.3. The highest BCUT2D eigenvalue weighted by Gasteiger charge is 2.14. The van der Waals surface area contributed by atoms with Crippen molar-refractivity contribution in [3.63, 3.8) is 0 Å². The zero-order valence-corrected chi connectivity index (χ0v) is 18.8. The minimum Gasteiger partial charge on any atom is -0.343 e. The third-order valence-electron chi connectivity index (χ3n) is 4.66. The van der Waals surface area contributed by atoms with Gasteiger partial charge in [0.15, 0.2) is 0 Å². The average Bonchev–Trinajstić information content (AvgIpc) is 2.76. The van der Waals surface area contributed by atoms with Crippen LogP contribution in [0.25, 0.3) is 0 Å². The molecule has 0 fully saturated rings. The van der Waals surface area contributed by atoms with E-state index in [1.54, 1.807) is 30.1 Å². The van der Waals surface area contributed by atoms with Gasteiger partial charge in [0.25, 0.3) is 5.91 Å². The summed E-state index contributed by atoms with van der Waals surface area (Å²) in [4.78, 5) is 28.9. The number of pyridine rings is 1. The van der Waals surface area contributed by atoms with Gasteiger partial charge in [-0.1, -0.05) is 51.1 Å². The van der Waals surface area contributed by atoms with Crippen LogP contribution in [0.4, 0.5) is 5.69 Å². The summed E-state index contributed by atoms with van der Waals surface area (Å²) in [5.41, 5.74) is 3.50. The maximum atomic E-state index is 12.3. The fourth-order valence-electron chi connectivity index (χ4n) is 2.92. The standard InChI is InChI=1S/C25H27N3O2S/c1-25(2,3)20-12-10-19(11-13-20)24(30)27-16-22(29)28-21-8-6-7-18(15-21)17-31-23-9-4-5-14-26-23/h4-15H,16-17H2,1-3H3,(H,27,30)(H,28,29). The summed E-state index contributed by atoms with van der Waals surface area (Å²) in [6.07, 6.45) is 1.77. The molecule has 0 aliphatic carbocycles. The topological polar surface area (TPSA) is 71.1 Å². The summed E-state index contributed by atoms with van der Waals surface area (Å²) in [6.45, 7) is 6.28. The van der Waals surface area contributed by atoms with Crippen LogP contribution in [0.1, 0.15) is 42.3 Å². The van der Waals surface area contributed by atoms with E-state index in [1.165, 1.54) is 0 Å². The van der Waals surface area contributed by atoms with Crippen LogP contribution in [0.3, 0.4) is 0 Å². The van der Waals surface area contributed by atoms with Gasteiger partial charge in [0, 0.05) is 23.2 Å². The molecule has 0 bridgehead atoms. The molecule has 3 aromatic rings. The Morgan fingerprint density at radius 3 is 2.42 bits per heavy atom. The van der Waals surface area contributed by atoms with Crippen molar-refractivity contribution in [2.45, 2.75) is 37.0 Å². The smallest absolute Gasteiger partial charge is 0.251 e. The molecule has 0 unspecified atom stereocenters. The van der Waals surface area contributed by atoms with E-state index in [0.29, 0.717) is 11.3 Å². The SMILES string of the molecule is CC(C)(C)c1ccc(C(=O)NCC(=O)Nc2cccc(CSc3ccccn3)c2)cc1. The molecule has 0 aliphatic rings. The molecule has 0 spiro atoms. The Hall–Kier alpha value is -3.12. The molecule has 5 nitrogen and oxygen atoms in total. The number of nitrogens with zero attached hydrogens (tertiary/aromatic N) is 1. The first-order valence-corrected chi connectivity index (χ1v) is 11.1. The Bertz CT molecular complexity index is 1030. The lowest BCUT2D eigenvalue weighted by Gasteiger charge is -2.19. The molecule has 2 N–H and O–H groups in total. The predicted octanol–water partition coefficient (Wildman–Crippen LogP) is 5.04. The molecule has 0 radical (unpaired) electrons. The van der Waals surface area contributed by atoms with E-state index in [1.807, 2.05) is 54.6 Å². The van der Waals surface area contributed by atoms with Crippen molar-refractivity contribution in [3.8, 4) is 0 Å². The van der Waals surface area contributed by atoms with E-state index in [9.17, 15) is 9.59 Å². The number of carbonyl (C=O) groups is 2. The number of nitrogens with one attached hydrogen (secondary N) is 2. The summed E-state index contributed by atoms with van der Waals surface area (Å²) >= 11 is 1.63. The minimum absolute atomic E-state index is 0.0273. The number of hydrogen-bond acceptors (Lipinski definition) is 4. The summed E-state index contributed by atoms with van der Waals surface area (Å²) in [6, 6.07) is 21.0. The van der Waals surface area contributed by atoms with E-state index in [0.717, 1.165) is 21.9 Å². The van der Waals surface area contributed by atoms with E-state index in [-0.39, 0.29) is 23.8 Å². The van der Waals surface area contributed by atoms with Gasteiger partial charge in [-0.05, 0) is 52.9 Å². The fourth-order valence-corrected chi connectivity index (χ4v) is 3.72. The number of rotatable bonds is 7. The Morgan fingerprint density at radius 1 is 0.968 bits per heavy atom. The zero-order chi connectivity index (χ0) is 22.3. The second-order valence-corrected chi connectivity index (χ2v) is 9.21. The molecule has 2 amide bonds. The average molecular weight is 434 g/mol. The van der Waals surface area contributed by atoms with Gasteiger partial charge in [0.1, 0.15) is 0 Å². The van der Waals surface area contributed by atoms with Gasteiger partial charge in [-0.15, -0.1) is 11.8 Å². The van der Waals surface area contributed by atoms with E-state index in [4.69, 9.17) is 0 Å². The molecular formula is C25H27N3O2S. The molecule has 1 heterocycles. The van der Waals surface area contributed by atoms with Gasteiger partial charge >= 0.3 is 0 Å². The molecule has 0 saturated carbocycles. The van der Waals surface area contributed by atoms with Crippen LogP contribution >= 0.6 is 11.8 Å². The molecule has 31 heavy (non-hydrogen) atoms. The summed E-state index contributed by atoms with van der Waals surface area (Å²) in [5.74, 6) is 0.215. The van der Waals surface area contributed by atoms with Gasteiger partial charge in [-0.25, -0.2) is 4.98 Å². The second-order valence-electron chi connectivity index (χ2n) is 8.22. The van der Waals surface area contributed by atoms with Crippen LogP contribution in [0.15, 0.2) is 78.0 Å². The van der Waals surface area contributed by atoms with Crippen molar-refractivity contribution >= 4 is 29.3 Å². The Kier molecular flexibility index (Phi) is 7.47. The Morgan fingerprint density at radius 2 is 1.74 bits per heavy atom.